The first-order chi connectivity index (χ1) is 15.9. The van der Waals surface area contributed by atoms with E-state index in [2.05, 4.69) is 20.2 Å². The Morgan fingerprint density at radius 3 is 1.97 bits per heavy atom. The summed E-state index contributed by atoms with van der Waals surface area (Å²) in [5.74, 6) is 0.971. The summed E-state index contributed by atoms with van der Waals surface area (Å²) in [7, 11) is 0. The van der Waals surface area contributed by atoms with Crippen LogP contribution in [0.2, 0.25) is 0 Å². The predicted octanol–water partition coefficient (Wildman–Crippen LogP) is 5.89. The van der Waals surface area contributed by atoms with E-state index in [-0.39, 0.29) is 5.82 Å². The van der Waals surface area contributed by atoms with Gasteiger partial charge in [-0.15, -0.1) is 0 Å². The van der Waals surface area contributed by atoms with Crippen LogP contribution in [0.5, 0.6) is 0 Å². The molecule has 1 fully saturated rings. The molecule has 0 atom stereocenters. The standard InChI is InChI=1S/C25H35N5O4/c1-24(2,3)33-22(31)30(23(32)34-25(4,5)6)20-17-19(26-18-13-9-7-10-14-18)27-21(28-20)29-15-11-8-12-16-29/h7,9-10,13-14,17H,8,11-12,15-16H2,1-6H3,(H,26,27,28). The molecule has 1 aromatic heterocycles. The second-order valence-electron chi connectivity index (χ2n) is 10.2. The summed E-state index contributed by atoms with van der Waals surface area (Å²) >= 11 is 0. The smallest absolute Gasteiger partial charge is 0.425 e. The van der Waals surface area contributed by atoms with E-state index in [4.69, 9.17) is 9.47 Å². The van der Waals surface area contributed by atoms with Crippen molar-refractivity contribution < 1.29 is 19.1 Å². The minimum atomic E-state index is -0.865. The summed E-state index contributed by atoms with van der Waals surface area (Å²) in [6.07, 6.45) is 1.47. The number of nitrogens with zero attached hydrogens (tertiary/aromatic N) is 4. The number of para-hydroxylation sites is 1. The first-order valence-electron chi connectivity index (χ1n) is 11.6. The highest BCUT2D eigenvalue weighted by Gasteiger charge is 2.34. The van der Waals surface area contributed by atoms with Gasteiger partial charge >= 0.3 is 12.2 Å². The van der Waals surface area contributed by atoms with Crippen molar-refractivity contribution in [2.75, 3.05) is 28.2 Å². The molecule has 0 bridgehead atoms. The molecule has 34 heavy (non-hydrogen) atoms. The van der Waals surface area contributed by atoms with Crippen LogP contribution in [0.15, 0.2) is 36.4 Å². The maximum Gasteiger partial charge on any atom is 0.425 e. The third-order valence-corrected chi connectivity index (χ3v) is 4.77. The Morgan fingerprint density at radius 1 is 0.882 bits per heavy atom. The number of rotatable bonds is 4. The molecule has 1 saturated heterocycles. The van der Waals surface area contributed by atoms with Crippen LogP contribution in [-0.2, 0) is 9.47 Å². The number of aromatic nitrogens is 2. The number of nitrogens with one attached hydrogen (secondary N) is 1. The number of carbonyl (C=O) groups is 2. The van der Waals surface area contributed by atoms with Crippen LogP contribution < -0.4 is 15.1 Å². The first kappa shape index (κ1) is 25.3. The van der Waals surface area contributed by atoms with Crippen molar-refractivity contribution in [1.82, 2.24) is 9.97 Å². The number of imide groups is 1. The first-order valence-corrected chi connectivity index (χ1v) is 11.6. The van der Waals surface area contributed by atoms with E-state index in [0.29, 0.717) is 11.8 Å². The number of hydrogen-bond acceptors (Lipinski definition) is 8. The van der Waals surface area contributed by atoms with Gasteiger partial charge in [-0.1, -0.05) is 18.2 Å². The van der Waals surface area contributed by atoms with Gasteiger partial charge < -0.3 is 19.7 Å². The van der Waals surface area contributed by atoms with Crippen LogP contribution in [0.25, 0.3) is 0 Å². The summed E-state index contributed by atoms with van der Waals surface area (Å²) in [4.78, 5) is 38.5. The Labute approximate surface area is 201 Å². The molecule has 184 valence electrons. The van der Waals surface area contributed by atoms with Crippen LogP contribution in [0.4, 0.5) is 32.9 Å². The molecule has 0 spiro atoms. The van der Waals surface area contributed by atoms with Crippen molar-refractivity contribution in [3.63, 3.8) is 0 Å². The van der Waals surface area contributed by atoms with Gasteiger partial charge in [0.15, 0.2) is 5.82 Å². The van der Waals surface area contributed by atoms with E-state index >= 15 is 0 Å². The second kappa shape index (κ2) is 10.3. The van der Waals surface area contributed by atoms with Crippen molar-refractivity contribution >= 4 is 35.5 Å². The summed E-state index contributed by atoms with van der Waals surface area (Å²) < 4.78 is 11.1. The molecule has 1 aromatic carbocycles. The monoisotopic (exact) mass is 469 g/mol. The molecule has 0 saturated carbocycles. The van der Waals surface area contributed by atoms with Crippen LogP contribution >= 0.6 is 0 Å². The quantitative estimate of drug-likeness (QED) is 0.592. The summed E-state index contributed by atoms with van der Waals surface area (Å²) in [5, 5.41) is 3.24. The minimum absolute atomic E-state index is 0.0810. The second-order valence-corrected chi connectivity index (χ2v) is 10.2. The third kappa shape index (κ3) is 7.33. The number of hydrogen-bond donors (Lipinski definition) is 1. The lowest BCUT2D eigenvalue weighted by molar-refractivity contribution is 0.0429. The summed E-state index contributed by atoms with van der Waals surface area (Å²) in [6.45, 7) is 12.0. The lowest BCUT2D eigenvalue weighted by Crippen LogP contribution is -2.44. The normalized spacial score (nSPS) is 14.4. The van der Waals surface area contributed by atoms with E-state index in [1.165, 1.54) is 0 Å². The third-order valence-electron chi connectivity index (χ3n) is 4.77. The largest absolute Gasteiger partial charge is 0.443 e. The molecule has 2 amide bonds. The zero-order valence-corrected chi connectivity index (χ0v) is 20.9. The van der Waals surface area contributed by atoms with E-state index in [1.54, 1.807) is 47.6 Å². The molecule has 1 aliphatic rings. The molecular formula is C25H35N5O4. The minimum Gasteiger partial charge on any atom is -0.443 e. The van der Waals surface area contributed by atoms with E-state index < -0.39 is 23.4 Å². The fourth-order valence-electron chi connectivity index (χ4n) is 3.38. The highest BCUT2D eigenvalue weighted by molar-refractivity contribution is 6.09. The maximum absolute atomic E-state index is 13.2. The van der Waals surface area contributed by atoms with Gasteiger partial charge in [-0.2, -0.15) is 14.9 Å². The van der Waals surface area contributed by atoms with Crippen molar-refractivity contribution in [1.29, 1.82) is 0 Å². The maximum atomic E-state index is 13.2. The SMILES string of the molecule is CC(C)(C)OC(=O)N(C(=O)OC(C)(C)C)c1cc(Nc2ccccc2)nc(N2CCCCC2)n1. The van der Waals surface area contributed by atoms with Crippen molar-refractivity contribution in [2.24, 2.45) is 0 Å². The van der Waals surface area contributed by atoms with Gasteiger partial charge in [0, 0.05) is 24.8 Å². The Kier molecular flexibility index (Phi) is 7.64. The highest BCUT2D eigenvalue weighted by Crippen LogP contribution is 2.27. The number of piperidine rings is 1. The topological polar surface area (TPSA) is 96.9 Å². The molecular weight excluding hydrogens is 434 g/mol. The number of amides is 2. The molecule has 1 aliphatic heterocycles. The van der Waals surface area contributed by atoms with E-state index in [1.807, 2.05) is 30.3 Å². The Bertz CT molecular complexity index is 965. The van der Waals surface area contributed by atoms with E-state index in [9.17, 15) is 9.59 Å². The predicted molar refractivity (Wildman–Crippen MR) is 133 cm³/mol. The van der Waals surface area contributed by atoms with Gasteiger partial charge in [0.2, 0.25) is 5.95 Å². The fourth-order valence-corrected chi connectivity index (χ4v) is 3.38. The van der Waals surface area contributed by atoms with Crippen LogP contribution in [0.3, 0.4) is 0 Å². The number of benzene rings is 1. The summed E-state index contributed by atoms with van der Waals surface area (Å²) in [5.41, 5.74) is -0.811. The van der Waals surface area contributed by atoms with Crippen molar-refractivity contribution in [3.05, 3.63) is 36.4 Å². The summed E-state index contributed by atoms with van der Waals surface area (Å²) in [6, 6.07) is 11.1. The molecule has 2 aromatic rings. The van der Waals surface area contributed by atoms with E-state index in [0.717, 1.165) is 42.9 Å². The Hall–Kier alpha value is -3.36. The zero-order valence-electron chi connectivity index (χ0n) is 20.9. The molecule has 0 radical (unpaired) electrons. The van der Waals surface area contributed by atoms with Crippen LogP contribution in [0.1, 0.15) is 60.8 Å². The Morgan fingerprint density at radius 2 is 1.44 bits per heavy atom. The molecule has 2 heterocycles. The number of ether oxygens (including phenoxy) is 2. The molecule has 9 heteroatoms. The highest BCUT2D eigenvalue weighted by atomic mass is 16.6. The van der Waals surface area contributed by atoms with Gasteiger partial charge in [0.05, 0.1) is 0 Å². The van der Waals surface area contributed by atoms with Crippen molar-refractivity contribution in [2.45, 2.75) is 72.0 Å². The van der Waals surface area contributed by atoms with Gasteiger partial charge in [0.1, 0.15) is 17.0 Å². The lowest BCUT2D eigenvalue weighted by Gasteiger charge is -2.30. The van der Waals surface area contributed by atoms with Gasteiger partial charge in [-0.05, 0) is 72.9 Å². The zero-order chi connectivity index (χ0) is 24.9. The molecule has 0 aliphatic carbocycles. The lowest BCUT2D eigenvalue weighted by atomic mass is 10.1. The number of carbonyl (C=O) groups excluding carboxylic acids is 2. The van der Waals surface area contributed by atoms with Gasteiger partial charge in [-0.3, -0.25) is 0 Å². The van der Waals surface area contributed by atoms with Gasteiger partial charge in [0.25, 0.3) is 0 Å². The molecule has 9 nitrogen and oxygen atoms in total. The molecule has 0 unspecified atom stereocenters. The van der Waals surface area contributed by atoms with Gasteiger partial charge in [-0.25, -0.2) is 9.59 Å². The average molecular weight is 470 g/mol. The van der Waals surface area contributed by atoms with Crippen molar-refractivity contribution in [3.8, 4) is 0 Å². The molecule has 1 N–H and O–H groups in total. The fraction of sp³-hybridized carbons (Fsp3) is 0.520. The average Bonchev–Trinajstić information content (AvgIpc) is 2.72. The molecule has 3 rings (SSSR count). The van der Waals surface area contributed by atoms with Crippen LogP contribution in [0, 0.1) is 0 Å². The number of anilines is 4. The van der Waals surface area contributed by atoms with Crippen LogP contribution in [-0.4, -0.2) is 46.4 Å². The Balaban J connectivity index is 2.06.